The topological polar surface area (TPSA) is 79.9 Å². The smallest absolute Gasteiger partial charge is 0.414 e. The lowest BCUT2D eigenvalue weighted by Gasteiger charge is -2.14. The Balaban J connectivity index is 1.54. The number of carbonyl (C=O) groups excluding carboxylic acids is 2. The lowest BCUT2D eigenvalue weighted by atomic mass is 10.1. The van der Waals surface area contributed by atoms with Crippen molar-refractivity contribution in [3.63, 3.8) is 0 Å². The van der Waals surface area contributed by atoms with Gasteiger partial charge in [0.05, 0.1) is 13.2 Å². The second-order valence-electron chi connectivity index (χ2n) is 5.82. The van der Waals surface area contributed by atoms with E-state index >= 15 is 0 Å². The first-order valence-corrected chi connectivity index (χ1v) is 8.32. The lowest BCUT2D eigenvalue weighted by molar-refractivity contribution is 0.181. The van der Waals surface area contributed by atoms with Crippen LogP contribution in [0.25, 0.3) is 0 Å². The molecule has 7 nitrogen and oxygen atoms in total. The molecule has 1 fully saturated rings. The highest BCUT2D eigenvalue weighted by Crippen LogP contribution is 2.21. The number of ether oxygens (including phenoxy) is 2. The number of anilines is 2. The van der Waals surface area contributed by atoms with Crippen molar-refractivity contribution in [1.29, 1.82) is 0 Å². The van der Waals surface area contributed by atoms with E-state index in [-0.39, 0.29) is 12.1 Å². The minimum Gasteiger partial charge on any atom is -0.447 e. The van der Waals surface area contributed by atoms with E-state index in [2.05, 4.69) is 10.6 Å². The monoisotopic (exact) mass is 355 g/mol. The standard InChI is InChI=1S/C19H21N3O4/c1-25-13-15-5-3-2-4-14(15)12-20-18(23)21-16-6-8-17(9-7-16)22-10-11-26-19(22)24/h2-9H,10-13H2,1H3,(H2,20,21,23). The van der Waals surface area contributed by atoms with Gasteiger partial charge in [0.15, 0.2) is 0 Å². The molecule has 0 aromatic heterocycles. The van der Waals surface area contributed by atoms with Crippen molar-refractivity contribution in [2.75, 3.05) is 30.5 Å². The second kappa shape index (κ2) is 8.35. The zero-order valence-electron chi connectivity index (χ0n) is 14.5. The van der Waals surface area contributed by atoms with E-state index in [1.54, 1.807) is 36.3 Å². The number of urea groups is 1. The molecule has 0 spiro atoms. The van der Waals surface area contributed by atoms with E-state index in [1.807, 2.05) is 24.3 Å². The van der Waals surface area contributed by atoms with Crippen molar-refractivity contribution in [1.82, 2.24) is 5.32 Å². The summed E-state index contributed by atoms with van der Waals surface area (Å²) in [6.07, 6.45) is -0.349. The Morgan fingerprint density at radius 1 is 1.15 bits per heavy atom. The number of nitrogens with zero attached hydrogens (tertiary/aromatic N) is 1. The largest absolute Gasteiger partial charge is 0.447 e. The van der Waals surface area contributed by atoms with E-state index in [0.717, 1.165) is 16.8 Å². The third-order valence-electron chi connectivity index (χ3n) is 4.06. The second-order valence-corrected chi connectivity index (χ2v) is 5.82. The van der Waals surface area contributed by atoms with Gasteiger partial charge < -0.3 is 20.1 Å². The Hall–Kier alpha value is -3.06. The normalized spacial score (nSPS) is 13.4. The summed E-state index contributed by atoms with van der Waals surface area (Å²) in [6.45, 7) is 1.84. The summed E-state index contributed by atoms with van der Waals surface area (Å²) in [5, 5.41) is 5.61. The van der Waals surface area contributed by atoms with Crippen molar-refractivity contribution >= 4 is 23.5 Å². The van der Waals surface area contributed by atoms with Crippen molar-refractivity contribution in [3.05, 3.63) is 59.7 Å². The number of methoxy groups -OCH3 is 1. The summed E-state index contributed by atoms with van der Waals surface area (Å²) in [6, 6.07) is 14.5. The predicted molar refractivity (Wildman–Crippen MR) is 98.1 cm³/mol. The van der Waals surface area contributed by atoms with E-state index in [1.165, 1.54) is 0 Å². The van der Waals surface area contributed by atoms with Crippen LogP contribution in [0.1, 0.15) is 11.1 Å². The molecule has 1 saturated heterocycles. The van der Waals surface area contributed by atoms with Gasteiger partial charge in [-0.3, -0.25) is 4.90 Å². The van der Waals surface area contributed by atoms with Crippen LogP contribution in [-0.4, -0.2) is 32.4 Å². The SMILES string of the molecule is COCc1ccccc1CNC(=O)Nc1ccc(N2CCOC2=O)cc1. The van der Waals surface area contributed by atoms with Crippen LogP contribution in [0.5, 0.6) is 0 Å². The lowest BCUT2D eigenvalue weighted by Crippen LogP contribution is -2.28. The molecule has 26 heavy (non-hydrogen) atoms. The van der Waals surface area contributed by atoms with Gasteiger partial charge in [0, 0.05) is 25.0 Å². The van der Waals surface area contributed by atoms with Crippen LogP contribution in [0.2, 0.25) is 0 Å². The van der Waals surface area contributed by atoms with Crippen molar-refractivity contribution in [3.8, 4) is 0 Å². The number of nitrogens with one attached hydrogen (secondary N) is 2. The van der Waals surface area contributed by atoms with Crippen molar-refractivity contribution < 1.29 is 19.1 Å². The molecule has 0 radical (unpaired) electrons. The third-order valence-corrected chi connectivity index (χ3v) is 4.06. The van der Waals surface area contributed by atoms with Gasteiger partial charge in [-0.1, -0.05) is 24.3 Å². The van der Waals surface area contributed by atoms with Crippen LogP contribution in [0.3, 0.4) is 0 Å². The first-order valence-electron chi connectivity index (χ1n) is 8.32. The highest BCUT2D eigenvalue weighted by atomic mass is 16.6. The van der Waals surface area contributed by atoms with Crippen molar-refractivity contribution in [2.45, 2.75) is 13.2 Å². The summed E-state index contributed by atoms with van der Waals surface area (Å²) in [7, 11) is 1.64. The maximum atomic E-state index is 12.1. The average molecular weight is 355 g/mol. The summed E-state index contributed by atoms with van der Waals surface area (Å²) in [4.78, 5) is 25.2. The van der Waals surface area contributed by atoms with E-state index in [4.69, 9.17) is 9.47 Å². The summed E-state index contributed by atoms with van der Waals surface area (Å²) >= 11 is 0. The fourth-order valence-electron chi connectivity index (χ4n) is 2.73. The molecular weight excluding hydrogens is 334 g/mol. The van der Waals surface area contributed by atoms with Gasteiger partial charge in [0.2, 0.25) is 0 Å². The Morgan fingerprint density at radius 3 is 2.54 bits per heavy atom. The van der Waals surface area contributed by atoms with Gasteiger partial charge in [0.25, 0.3) is 0 Å². The molecule has 7 heteroatoms. The molecule has 1 aliphatic heterocycles. The van der Waals surface area contributed by atoms with Crippen LogP contribution in [0.15, 0.2) is 48.5 Å². The van der Waals surface area contributed by atoms with E-state index in [9.17, 15) is 9.59 Å². The molecule has 3 amide bonds. The number of cyclic esters (lactones) is 1. The predicted octanol–water partition coefficient (Wildman–Crippen LogP) is 3.11. The molecule has 0 bridgehead atoms. The number of amides is 3. The molecule has 0 aliphatic carbocycles. The highest BCUT2D eigenvalue weighted by molar-refractivity contribution is 5.91. The van der Waals surface area contributed by atoms with Gasteiger partial charge in [-0.15, -0.1) is 0 Å². The Labute approximate surface area is 151 Å². The fourth-order valence-corrected chi connectivity index (χ4v) is 2.73. The molecule has 0 atom stereocenters. The maximum Gasteiger partial charge on any atom is 0.414 e. The van der Waals surface area contributed by atoms with Gasteiger partial charge >= 0.3 is 12.1 Å². The van der Waals surface area contributed by atoms with Crippen LogP contribution < -0.4 is 15.5 Å². The third kappa shape index (κ3) is 4.31. The quantitative estimate of drug-likeness (QED) is 0.834. The molecule has 1 aliphatic rings. The molecule has 1 heterocycles. The molecule has 2 aromatic rings. The molecule has 3 rings (SSSR count). The van der Waals surface area contributed by atoms with Gasteiger partial charge in [0.1, 0.15) is 6.61 Å². The summed E-state index contributed by atoms with van der Waals surface area (Å²) in [5.74, 6) is 0. The zero-order valence-corrected chi connectivity index (χ0v) is 14.5. The number of hydrogen-bond donors (Lipinski definition) is 2. The zero-order chi connectivity index (χ0) is 18.4. The Morgan fingerprint density at radius 2 is 1.88 bits per heavy atom. The molecule has 2 aromatic carbocycles. The van der Waals surface area contributed by atoms with Crippen molar-refractivity contribution in [2.24, 2.45) is 0 Å². The fraction of sp³-hybridized carbons (Fsp3) is 0.263. The minimum atomic E-state index is -0.349. The maximum absolute atomic E-state index is 12.1. The number of carbonyl (C=O) groups is 2. The van der Waals surface area contributed by atoms with Gasteiger partial charge in [-0.05, 0) is 35.4 Å². The van der Waals surface area contributed by atoms with Crippen LogP contribution >= 0.6 is 0 Å². The summed E-state index contributed by atoms with van der Waals surface area (Å²) < 4.78 is 10.1. The highest BCUT2D eigenvalue weighted by Gasteiger charge is 2.23. The molecular formula is C19H21N3O4. The molecule has 136 valence electrons. The minimum absolute atomic E-state index is 0.300. The molecule has 0 unspecified atom stereocenters. The molecule has 2 N–H and O–H groups in total. The van der Waals surface area contributed by atoms with E-state index < -0.39 is 0 Å². The number of benzene rings is 2. The average Bonchev–Trinajstić information content (AvgIpc) is 3.08. The van der Waals surface area contributed by atoms with Crippen LogP contribution in [-0.2, 0) is 22.6 Å². The first-order chi connectivity index (χ1) is 12.7. The number of rotatable bonds is 6. The van der Waals surface area contributed by atoms with Crippen LogP contribution in [0.4, 0.5) is 21.0 Å². The van der Waals surface area contributed by atoms with Gasteiger partial charge in [-0.25, -0.2) is 9.59 Å². The Kier molecular flexibility index (Phi) is 5.70. The Bertz CT molecular complexity index is 777. The van der Waals surface area contributed by atoms with E-state index in [0.29, 0.717) is 32.0 Å². The first kappa shape index (κ1) is 17.8. The summed E-state index contributed by atoms with van der Waals surface area (Å²) in [5.41, 5.74) is 3.43. The molecule has 0 saturated carbocycles. The van der Waals surface area contributed by atoms with Gasteiger partial charge in [-0.2, -0.15) is 0 Å². The van der Waals surface area contributed by atoms with Crippen LogP contribution in [0, 0.1) is 0 Å². The number of hydrogen-bond acceptors (Lipinski definition) is 4.